The molecule has 5 rings (SSSR count). The Kier molecular flexibility index (Phi) is 7.01. The summed E-state index contributed by atoms with van der Waals surface area (Å²) in [7, 11) is 3.59. The predicted octanol–water partition coefficient (Wildman–Crippen LogP) is 2.67. The Labute approximate surface area is 204 Å². The number of nitrogens with zero attached hydrogens (tertiary/aromatic N) is 7. The zero-order valence-corrected chi connectivity index (χ0v) is 20.0. The second-order valence-electron chi connectivity index (χ2n) is 8.37. The van der Waals surface area contributed by atoms with Crippen LogP contribution in [0.5, 0.6) is 6.01 Å². The first-order valence-corrected chi connectivity index (χ1v) is 11.6. The van der Waals surface area contributed by atoms with Crippen LogP contribution in [0.3, 0.4) is 0 Å². The Hall–Kier alpha value is -3.76. The summed E-state index contributed by atoms with van der Waals surface area (Å²) in [6.07, 6.45) is 6.45. The summed E-state index contributed by atoms with van der Waals surface area (Å²) >= 11 is 0. The van der Waals surface area contributed by atoms with Crippen LogP contribution < -0.4 is 9.64 Å². The van der Waals surface area contributed by atoms with Crippen molar-refractivity contribution >= 4 is 5.82 Å². The molecule has 0 unspecified atom stereocenters. The van der Waals surface area contributed by atoms with Gasteiger partial charge in [0.05, 0.1) is 38.3 Å². The number of benzene rings is 1. The molecule has 4 heterocycles. The molecule has 3 aromatic heterocycles. The Morgan fingerprint density at radius 2 is 1.89 bits per heavy atom. The zero-order chi connectivity index (χ0) is 24.0. The summed E-state index contributed by atoms with van der Waals surface area (Å²) in [4.78, 5) is 11.5. The molecule has 10 nitrogen and oxygen atoms in total. The zero-order valence-electron chi connectivity index (χ0n) is 20.0. The van der Waals surface area contributed by atoms with Crippen molar-refractivity contribution in [2.75, 3.05) is 44.9 Å². The van der Waals surface area contributed by atoms with Gasteiger partial charge in [0, 0.05) is 57.7 Å². The minimum atomic E-state index is 0.326. The molecule has 0 saturated carbocycles. The van der Waals surface area contributed by atoms with Crippen molar-refractivity contribution in [2.24, 2.45) is 7.05 Å². The average molecular weight is 476 g/mol. The fourth-order valence-corrected chi connectivity index (χ4v) is 3.99. The predicted molar refractivity (Wildman–Crippen MR) is 131 cm³/mol. The van der Waals surface area contributed by atoms with Crippen molar-refractivity contribution in [2.45, 2.75) is 13.0 Å². The number of aromatic nitrogens is 6. The molecule has 1 saturated heterocycles. The Morgan fingerprint density at radius 3 is 2.69 bits per heavy atom. The first-order chi connectivity index (χ1) is 17.2. The first-order valence-electron chi connectivity index (χ1n) is 11.6. The lowest BCUT2D eigenvalue weighted by molar-refractivity contribution is 0.122. The molecule has 0 bridgehead atoms. The molecule has 0 amide bonds. The van der Waals surface area contributed by atoms with E-state index in [0.717, 1.165) is 47.7 Å². The highest BCUT2D eigenvalue weighted by atomic mass is 16.5. The van der Waals surface area contributed by atoms with Gasteiger partial charge in [0.1, 0.15) is 5.82 Å². The number of rotatable bonds is 9. The van der Waals surface area contributed by atoms with Crippen LogP contribution in [0, 0.1) is 0 Å². The van der Waals surface area contributed by atoms with Gasteiger partial charge >= 0.3 is 6.01 Å². The van der Waals surface area contributed by atoms with E-state index >= 15 is 0 Å². The minimum Gasteiger partial charge on any atom is -0.463 e. The van der Waals surface area contributed by atoms with Crippen LogP contribution in [0.2, 0.25) is 0 Å². The molecule has 182 valence electrons. The van der Waals surface area contributed by atoms with E-state index in [9.17, 15) is 0 Å². The van der Waals surface area contributed by atoms with Crippen LogP contribution in [-0.2, 0) is 29.5 Å². The number of morpholine rings is 1. The molecule has 0 aliphatic carbocycles. The van der Waals surface area contributed by atoms with E-state index in [1.807, 2.05) is 56.0 Å². The van der Waals surface area contributed by atoms with Gasteiger partial charge in [-0.3, -0.25) is 4.68 Å². The number of hydrogen-bond donors (Lipinski definition) is 0. The Bertz CT molecular complexity index is 1260. The second-order valence-corrected chi connectivity index (χ2v) is 8.37. The van der Waals surface area contributed by atoms with Gasteiger partial charge in [0.2, 0.25) is 0 Å². The Morgan fingerprint density at radius 1 is 1.03 bits per heavy atom. The molecule has 1 aliphatic rings. The average Bonchev–Trinajstić information content (AvgIpc) is 3.54. The quantitative estimate of drug-likeness (QED) is 0.365. The van der Waals surface area contributed by atoms with Crippen LogP contribution in [0.4, 0.5) is 5.82 Å². The van der Waals surface area contributed by atoms with Gasteiger partial charge in [-0.15, -0.1) is 0 Å². The lowest BCUT2D eigenvalue weighted by Gasteiger charge is -2.28. The van der Waals surface area contributed by atoms with E-state index in [4.69, 9.17) is 19.3 Å². The van der Waals surface area contributed by atoms with Gasteiger partial charge in [-0.25, -0.2) is 4.68 Å². The van der Waals surface area contributed by atoms with Crippen molar-refractivity contribution in [3.8, 4) is 23.1 Å². The number of anilines is 1. The van der Waals surface area contributed by atoms with Crippen molar-refractivity contribution < 1.29 is 14.2 Å². The van der Waals surface area contributed by atoms with E-state index in [-0.39, 0.29) is 0 Å². The first kappa shape index (κ1) is 23.0. The maximum Gasteiger partial charge on any atom is 0.320 e. The molecule has 1 fully saturated rings. The molecule has 1 aliphatic heterocycles. The van der Waals surface area contributed by atoms with Gasteiger partial charge in [0.25, 0.3) is 0 Å². The third-order valence-electron chi connectivity index (χ3n) is 5.75. The summed E-state index contributed by atoms with van der Waals surface area (Å²) in [5.41, 5.74) is 4.08. The highest BCUT2D eigenvalue weighted by Crippen LogP contribution is 2.23. The molecule has 10 heteroatoms. The third-order valence-corrected chi connectivity index (χ3v) is 5.75. The molecule has 0 spiro atoms. The molecule has 1 aromatic carbocycles. The van der Waals surface area contributed by atoms with Gasteiger partial charge in [-0.2, -0.15) is 20.2 Å². The van der Waals surface area contributed by atoms with E-state index < -0.39 is 0 Å². The number of hydrogen-bond acceptors (Lipinski definition) is 8. The van der Waals surface area contributed by atoms with Gasteiger partial charge in [0.15, 0.2) is 5.82 Å². The summed E-state index contributed by atoms with van der Waals surface area (Å²) in [6, 6.07) is 12.4. The van der Waals surface area contributed by atoms with Crippen LogP contribution >= 0.6 is 0 Å². The van der Waals surface area contributed by atoms with Crippen LogP contribution in [-0.4, -0.2) is 69.5 Å². The molecular formula is C25H29N7O3. The summed E-state index contributed by atoms with van der Waals surface area (Å²) < 4.78 is 20.3. The Balaban J connectivity index is 1.40. The molecule has 35 heavy (non-hydrogen) atoms. The summed E-state index contributed by atoms with van der Waals surface area (Å²) in [5.74, 6) is 1.45. The number of aryl methyl sites for hydroxylation is 1. The van der Waals surface area contributed by atoms with Gasteiger partial charge in [-0.05, 0) is 23.3 Å². The van der Waals surface area contributed by atoms with E-state index in [0.29, 0.717) is 38.3 Å². The van der Waals surface area contributed by atoms with Gasteiger partial charge in [-0.1, -0.05) is 18.2 Å². The lowest BCUT2D eigenvalue weighted by Crippen LogP contribution is -2.37. The second kappa shape index (κ2) is 10.7. The summed E-state index contributed by atoms with van der Waals surface area (Å²) in [6.45, 7) is 3.88. The van der Waals surface area contributed by atoms with Crippen molar-refractivity contribution in [3.63, 3.8) is 0 Å². The van der Waals surface area contributed by atoms with E-state index in [2.05, 4.69) is 26.0 Å². The minimum absolute atomic E-state index is 0.326. The van der Waals surface area contributed by atoms with Crippen LogP contribution in [0.15, 0.2) is 55.0 Å². The summed E-state index contributed by atoms with van der Waals surface area (Å²) in [5, 5.41) is 8.99. The molecule has 4 aromatic rings. The molecule has 0 radical (unpaired) electrons. The van der Waals surface area contributed by atoms with E-state index in [1.165, 1.54) is 0 Å². The molecule has 0 atom stereocenters. The SMILES string of the molecule is COCc1cccc(-c2ccn(-c3cc(N4CCOCC4)nc(OCCc4cnn(C)c4)n3)n2)c1. The molecule has 0 N–H and O–H groups in total. The highest BCUT2D eigenvalue weighted by molar-refractivity contribution is 5.60. The highest BCUT2D eigenvalue weighted by Gasteiger charge is 2.17. The van der Waals surface area contributed by atoms with Gasteiger partial charge < -0.3 is 19.1 Å². The number of ether oxygens (including phenoxy) is 3. The molecular weight excluding hydrogens is 446 g/mol. The number of methoxy groups -OCH3 is 1. The van der Waals surface area contributed by atoms with Crippen molar-refractivity contribution in [1.82, 2.24) is 29.5 Å². The normalized spacial score (nSPS) is 13.8. The van der Waals surface area contributed by atoms with Crippen molar-refractivity contribution in [3.05, 3.63) is 66.1 Å². The smallest absolute Gasteiger partial charge is 0.320 e. The van der Waals surface area contributed by atoms with Crippen LogP contribution in [0.25, 0.3) is 17.1 Å². The lowest BCUT2D eigenvalue weighted by atomic mass is 10.1. The fourth-order valence-electron chi connectivity index (χ4n) is 3.99. The monoisotopic (exact) mass is 475 g/mol. The van der Waals surface area contributed by atoms with E-state index in [1.54, 1.807) is 16.5 Å². The van der Waals surface area contributed by atoms with Crippen LogP contribution in [0.1, 0.15) is 11.1 Å². The largest absolute Gasteiger partial charge is 0.463 e. The topological polar surface area (TPSA) is 92.3 Å². The van der Waals surface area contributed by atoms with Crippen molar-refractivity contribution in [1.29, 1.82) is 0 Å². The standard InChI is InChI=1S/C25H29N7O3/c1-30-17-20(16-26-30)7-11-35-25-27-23(31-9-12-34-13-10-31)15-24(28-25)32-8-6-22(29-32)21-5-3-4-19(14-21)18-33-2/h3-6,8,14-17H,7,9-13,18H2,1-2H3. The fraction of sp³-hybridized carbons (Fsp3) is 0.360. The maximum absolute atomic E-state index is 5.97. The third kappa shape index (κ3) is 5.67. The maximum atomic E-state index is 5.97.